The highest BCUT2D eigenvalue weighted by Gasteiger charge is 2.05. The lowest BCUT2D eigenvalue weighted by Crippen LogP contribution is -2.04. The Morgan fingerprint density at radius 1 is 1.28 bits per heavy atom. The van der Waals surface area contributed by atoms with Crippen molar-refractivity contribution in [2.75, 3.05) is 11.1 Å². The Labute approximate surface area is 111 Å². The Balaban J connectivity index is 2.16. The Morgan fingerprint density at radius 2 is 2.00 bits per heavy atom. The van der Waals surface area contributed by atoms with Gasteiger partial charge in [-0.05, 0) is 30.7 Å². The number of nitrogens with two attached hydrogens (primary N) is 1. The van der Waals surface area contributed by atoms with Gasteiger partial charge < -0.3 is 11.1 Å². The molecule has 0 fully saturated rings. The zero-order chi connectivity index (χ0) is 13.1. The Hall–Kier alpha value is -1.74. The van der Waals surface area contributed by atoms with E-state index < -0.39 is 0 Å². The van der Waals surface area contributed by atoms with Crippen LogP contribution in [0.2, 0.25) is 5.02 Å². The van der Waals surface area contributed by atoms with Crippen molar-refractivity contribution in [3.63, 3.8) is 0 Å². The first-order valence-corrected chi connectivity index (χ1v) is 5.98. The number of halogens is 2. The van der Waals surface area contributed by atoms with Crippen LogP contribution in [0.15, 0.2) is 36.4 Å². The van der Waals surface area contributed by atoms with Gasteiger partial charge in [0.15, 0.2) is 0 Å². The molecular weight excluding hydrogens is 251 g/mol. The van der Waals surface area contributed by atoms with Crippen LogP contribution < -0.4 is 11.1 Å². The van der Waals surface area contributed by atoms with E-state index in [1.54, 1.807) is 24.3 Å². The third-order valence-corrected chi connectivity index (χ3v) is 3.17. The van der Waals surface area contributed by atoms with Crippen LogP contribution in [-0.2, 0) is 6.54 Å². The molecule has 2 rings (SSSR count). The minimum Gasteiger partial charge on any atom is -0.397 e. The van der Waals surface area contributed by atoms with E-state index in [-0.39, 0.29) is 5.82 Å². The van der Waals surface area contributed by atoms with Gasteiger partial charge in [-0.3, -0.25) is 0 Å². The van der Waals surface area contributed by atoms with Gasteiger partial charge in [-0.25, -0.2) is 4.39 Å². The molecule has 0 heterocycles. The van der Waals surface area contributed by atoms with Gasteiger partial charge in [0.2, 0.25) is 0 Å². The molecule has 18 heavy (non-hydrogen) atoms. The third-order valence-electron chi connectivity index (χ3n) is 2.76. The summed E-state index contributed by atoms with van der Waals surface area (Å²) in [5, 5.41) is 3.74. The molecule has 0 spiro atoms. The average molecular weight is 265 g/mol. The van der Waals surface area contributed by atoms with Crippen molar-refractivity contribution in [3.8, 4) is 0 Å². The van der Waals surface area contributed by atoms with E-state index in [4.69, 9.17) is 17.3 Å². The van der Waals surface area contributed by atoms with E-state index in [2.05, 4.69) is 5.32 Å². The number of hydrogen-bond donors (Lipinski definition) is 2. The van der Waals surface area contributed by atoms with Crippen LogP contribution >= 0.6 is 11.6 Å². The highest BCUT2D eigenvalue weighted by molar-refractivity contribution is 6.31. The molecule has 0 amide bonds. The molecule has 0 aromatic heterocycles. The van der Waals surface area contributed by atoms with Crippen LogP contribution in [0.1, 0.15) is 11.1 Å². The molecule has 2 nitrogen and oxygen atoms in total. The third kappa shape index (κ3) is 2.74. The number of anilines is 2. The molecule has 4 heteroatoms. The fourth-order valence-electron chi connectivity index (χ4n) is 1.68. The van der Waals surface area contributed by atoms with Gasteiger partial charge in [0, 0.05) is 17.1 Å². The van der Waals surface area contributed by atoms with Crippen LogP contribution in [0.5, 0.6) is 0 Å². The predicted octanol–water partition coefficient (Wildman–Crippen LogP) is 3.98. The summed E-state index contributed by atoms with van der Waals surface area (Å²) in [6.45, 7) is 2.29. The van der Waals surface area contributed by atoms with Crippen LogP contribution in [0, 0.1) is 12.7 Å². The van der Waals surface area contributed by atoms with Crippen LogP contribution in [0.4, 0.5) is 15.8 Å². The van der Waals surface area contributed by atoms with Crippen LogP contribution in [-0.4, -0.2) is 0 Å². The van der Waals surface area contributed by atoms with Crippen molar-refractivity contribution in [3.05, 3.63) is 58.4 Å². The average Bonchev–Trinajstić information content (AvgIpc) is 2.34. The molecule has 0 aliphatic carbocycles. The topological polar surface area (TPSA) is 38.0 Å². The molecule has 0 atom stereocenters. The van der Waals surface area contributed by atoms with Crippen LogP contribution in [0.3, 0.4) is 0 Å². The molecule has 0 saturated carbocycles. The highest BCUT2D eigenvalue weighted by Crippen LogP contribution is 2.27. The van der Waals surface area contributed by atoms with Crippen molar-refractivity contribution in [2.45, 2.75) is 13.5 Å². The zero-order valence-corrected chi connectivity index (χ0v) is 10.8. The second-order valence-corrected chi connectivity index (χ2v) is 4.54. The summed E-state index contributed by atoms with van der Waals surface area (Å²) in [6.07, 6.45) is 0. The molecule has 94 valence electrons. The van der Waals surface area contributed by atoms with Gasteiger partial charge in [-0.15, -0.1) is 0 Å². The maximum absolute atomic E-state index is 13.4. The van der Waals surface area contributed by atoms with Crippen molar-refractivity contribution >= 4 is 23.0 Å². The Morgan fingerprint density at radius 3 is 2.72 bits per heavy atom. The number of benzene rings is 2. The summed E-state index contributed by atoms with van der Waals surface area (Å²) in [4.78, 5) is 0. The maximum atomic E-state index is 13.4. The van der Waals surface area contributed by atoms with E-state index in [9.17, 15) is 4.39 Å². The first-order valence-electron chi connectivity index (χ1n) is 5.61. The molecule has 0 aliphatic heterocycles. The monoisotopic (exact) mass is 264 g/mol. The molecule has 0 radical (unpaired) electrons. The van der Waals surface area contributed by atoms with E-state index in [1.807, 2.05) is 13.0 Å². The molecular formula is C14H14ClFN2. The van der Waals surface area contributed by atoms with E-state index >= 15 is 0 Å². The zero-order valence-electron chi connectivity index (χ0n) is 10.0. The van der Waals surface area contributed by atoms with Crippen molar-refractivity contribution in [1.29, 1.82) is 0 Å². The normalized spacial score (nSPS) is 10.4. The molecule has 2 aromatic carbocycles. The fourth-order valence-corrected chi connectivity index (χ4v) is 1.85. The summed E-state index contributed by atoms with van der Waals surface area (Å²) in [7, 11) is 0. The molecule has 2 aromatic rings. The highest BCUT2D eigenvalue weighted by atomic mass is 35.5. The van der Waals surface area contributed by atoms with Crippen molar-refractivity contribution in [1.82, 2.24) is 0 Å². The first kappa shape index (κ1) is 12.7. The van der Waals surface area contributed by atoms with Crippen molar-refractivity contribution < 1.29 is 4.39 Å². The van der Waals surface area contributed by atoms with Gasteiger partial charge in [-0.2, -0.15) is 0 Å². The Bertz CT molecular complexity index is 570. The largest absolute Gasteiger partial charge is 0.397 e. The minimum absolute atomic E-state index is 0.228. The standard InChI is InChI=1S/C14H14ClFN2/c1-9-6-14(13(17)7-11(9)15)18-8-10-4-2-3-5-12(10)16/h2-7,18H,8,17H2,1H3. The minimum atomic E-state index is -0.228. The lowest BCUT2D eigenvalue weighted by atomic mass is 10.1. The Kier molecular flexibility index (Phi) is 3.72. The lowest BCUT2D eigenvalue weighted by molar-refractivity contribution is 0.613. The second kappa shape index (κ2) is 5.27. The second-order valence-electron chi connectivity index (χ2n) is 4.13. The molecule has 0 saturated heterocycles. The van der Waals surface area contributed by atoms with Gasteiger partial charge in [-0.1, -0.05) is 29.8 Å². The smallest absolute Gasteiger partial charge is 0.128 e. The number of hydrogen-bond acceptors (Lipinski definition) is 2. The quantitative estimate of drug-likeness (QED) is 0.823. The first-order chi connectivity index (χ1) is 8.58. The molecule has 0 unspecified atom stereocenters. The number of nitrogen functional groups attached to an aromatic ring is 1. The fraction of sp³-hybridized carbons (Fsp3) is 0.143. The summed E-state index contributed by atoms with van der Waals surface area (Å²) >= 11 is 5.96. The van der Waals surface area contributed by atoms with Crippen molar-refractivity contribution in [2.24, 2.45) is 0 Å². The summed E-state index contributed by atoms with van der Waals surface area (Å²) in [5.41, 5.74) is 8.71. The van der Waals surface area contributed by atoms with E-state index in [1.165, 1.54) is 6.07 Å². The molecule has 0 bridgehead atoms. The van der Waals surface area contributed by atoms with Gasteiger partial charge >= 0.3 is 0 Å². The summed E-state index contributed by atoms with van der Waals surface area (Å²) in [5.74, 6) is -0.228. The summed E-state index contributed by atoms with van der Waals surface area (Å²) < 4.78 is 13.4. The van der Waals surface area contributed by atoms with Gasteiger partial charge in [0.1, 0.15) is 5.82 Å². The van der Waals surface area contributed by atoms with Crippen LogP contribution in [0.25, 0.3) is 0 Å². The van der Waals surface area contributed by atoms with E-state index in [0.29, 0.717) is 22.8 Å². The molecule has 3 N–H and O–H groups in total. The SMILES string of the molecule is Cc1cc(NCc2ccccc2F)c(N)cc1Cl. The predicted molar refractivity (Wildman–Crippen MR) is 74.3 cm³/mol. The number of rotatable bonds is 3. The number of nitrogens with one attached hydrogen (secondary N) is 1. The van der Waals surface area contributed by atoms with Gasteiger partial charge in [0.25, 0.3) is 0 Å². The van der Waals surface area contributed by atoms with Gasteiger partial charge in [0.05, 0.1) is 11.4 Å². The summed E-state index contributed by atoms with van der Waals surface area (Å²) in [6, 6.07) is 10.2. The maximum Gasteiger partial charge on any atom is 0.128 e. The molecule has 0 aliphatic rings. The number of aryl methyl sites for hydroxylation is 1. The lowest BCUT2D eigenvalue weighted by Gasteiger charge is -2.11. The van der Waals surface area contributed by atoms with E-state index in [0.717, 1.165) is 11.3 Å².